The highest BCUT2D eigenvalue weighted by Crippen LogP contribution is 2.28. The largest absolute Gasteiger partial charge is 0.264 e. The third-order valence-corrected chi connectivity index (χ3v) is 5.79. The predicted octanol–water partition coefficient (Wildman–Crippen LogP) is 3.93. The zero-order chi connectivity index (χ0) is 17.9. The minimum atomic E-state index is -3.83. The molecule has 3 aromatic rings. The lowest BCUT2D eigenvalue weighted by atomic mass is 10.1. The van der Waals surface area contributed by atoms with Gasteiger partial charge in [-0.1, -0.05) is 35.3 Å². The number of nitrogens with one attached hydrogen (secondary N) is 1. The van der Waals surface area contributed by atoms with E-state index in [2.05, 4.69) is 14.7 Å². The van der Waals surface area contributed by atoms with Gasteiger partial charge in [0.1, 0.15) is 4.90 Å². The van der Waals surface area contributed by atoms with Crippen LogP contribution in [-0.4, -0.2) is 18.4 Å². The molecule has 0 saturated heterocycles. The number of benzene rings is 1. The Balaban J connectivity index is 1.75. The molecule has 0 amide bonds. The van der Waals surface area contributed by atoms with E-state index in [4.69, 9.17) is 23.2 Å². The van der Waals surface area contributed by atoms with Crippen molar-refractivity contribution in [1.82, 2.24) is 14.7 Å². The number of rotatable bonds is 5. The lowest BCUT2D eigenvalue weighted by Gasteiger charge is -2.10. The number of hydrogen-bond acceptors (Lipinski definition) is 4. The van der Waals surface area contributed by atoms with Crippen molar-refractivity contribution < 1.29 is 8.42 Å². The van der Waals surface area contributed by atoms with Gasteiger partial charge in [-0.05, 0) is 35.9 Å². The molecule has 1 N–H and O–H groups in total. The smallest absolute Gasteiger partial charge is 0.243 e. The number of nitrogens with zero attached hydrogens (tertiary/aromatic N) is 2. The molecule has 0 aliphatic rings. The summed E-state index contributed by atoms with van der Waals surface area (Å²) in [5.41, 5.74) is 2.35. The quantitative estimate of drug-likeness (QED) is 0.712. The van der Waals surface area contributed by atoms with Crippen LogP contribution in [0.15, 0.2) is 66.0 Å². The lowest BCUT2D eigenvalue weighted by molar-refractivity contribution is 0.581. The van der Waals surface area contributed by atoms with E-state index in [1.165, 1.54) is 12.1 Å². The van der Waals surface area contributed by atoms with E-state index in [1.807, 2.05) is 18.2 Å². The Morgan fingerprint density at radius 1 is 0.960 bits per heavy atom. The average Bonchev–Trinajstić information content (AvgIpc) is 2.61. The highest BCUT2D eigenvalue weighted by atomic mass is 35.5. The third-order valence-electron chi connectivity index (χ3n) is 3.44. The Kier molecular flexibility index (Phi) is 5.34. The summed E-state index contributed by atoms with van der Waals surface area (Å²) >= 11 is 11.9. The van der Waals surface area contributed by atoms with Crippen molar-refractivity contribution >= 4 is 33.2 Å². The number of sulfonamides is 1. The SMILES string of the molecule is O=S(=O)(NCc1ccc(-c2cccnc2)nc1)c1c(Cl)cccc1Cl. The first-order chi connectivity index (χ1) is 12.0. The summed E-state index contributed by atoms with van der Waals surface area (Å²) in [7, 11) is -3.83. The van der Waals surface area contributed by atoms with Gasteiger partial charge in [-0.25, -0.2) is 13.1 Å². The summed E-state index contributed by atoms with van der Waals surface area (Å²) in [6.45, 7) is 0.0736. The average molecular weight is 394 g/mol. The van der Waals surface area contributed by atoms with Gasteiger partial charge in [-0.3, -0.25) is 9.97 Å². The summed E-state index contributed by atoms with van der Waals surface area (Å²) in [5.74, 6) is 0. The van der Waals surface area contributed by atoms with Gasteiger partial charge in [0.25, 0.3) is 0 Å². The van der Waals surface area contributed by atoms with Crippen LogP contribution in [0.3, 0.4) is 0 Å². The molecule has 3 rings (SSSR count). The highest BCUT2D eigenvalue weighted by Gasteiger charge is 2.21. The van der Waals surface area contributed by atoms with Crippen molar-refractivity contribution in [3.05, 3.63) is 76.7 Å². The molecule has 0 aliphatic heterocycles. The summed E-state index contributed by atoms with van der Waals surface area (Å²) in [4.78, 5) is 8.25. The molecule has 0 unspecified atom stereocenters. The first kappa shape index (κ1) is 17.8. The van der Waals surface area contributed by atoms with Crippen LogP contribution in [0.25, 0.3) is 11.3 Å². The van der Waals surface area contributed by atoms with Crippen LogP contribution < -0.4 is 4.72 Å². The molecule has 0 bridgehead atoms. The van der Waals surface area contributed by atoms with Gasteiger partial charge in [0.05, 0.1) is 15.7 Å². The first-order valence-corrected chi connectivity index (χ1v) is 9.50. The summed E-state index contributed by atoms with van der Waals surface area (Å²) in [6, 6.07) is 11.9. The van der Waals surface area contributed by atoms with Gasteiger partial charge < -0.3 is 0 Å². The van der Waals surface area contributed by atoms with E-state index in [0.29, 0.717) is 5.56 Å². The second-order valence-corrected chi connectivity index (χ2v) is 7.69. The minimum absolute atomic E-state index is 0.0736. The minimum Gasteiger partial charge on any atom is -0.264 e. The Labute approximate surface area is 155 Å². The number of pyridine rings is 2. The zero-order valence-electron chi connectivity index (χ0n) is 12.9. The highest BCUT2D eigenvalue weighted by molar-refractivity contribution is 7.89. The van der Waals surface area contributed by atoms with Crippen molar-refractivity contribution in [3.63, 3.8) is 0 Å². The van der Waals surface area contributed by atoms with Crippen molar-refractivity contribution in [2.75, 3.05) is 0 Å². The van der Waals surface area contributed by atoms with Gasteiger partial charge in [0.15, 0.2) is 0 Å². The van der Waals surface area contributed by atoms with Gasteiger partial charge >= 0.3 is 0 Å². The molecule has 0 saturated carbocycles. The fraction of sp³-hybridized carbons (Fsp3) is 0.0588. The maximum absolute atomic E-state index is 12.4. The van der Waals surface area contributed by atoms with Crippen LogP contribution in [0.1, 0.15) is 5.56 Å². The van der Waals surface area contributed by atoms with Crippen LogP contribution >= 0.6 is 23.2 Å². The van der Waals surface area contributed by atoms with Crippen molar-refractivity contribution in [2.24, 2.45) is 0 Å². The maximum atomic E-state index is 12.4. The van der Waals surface area contributed by atoms with E-state index in [0.717, 1.165) is 11.3 Å². The maximum Gasteiger partial charge on any atom is 0.243 e. The van der Waals surface area contributed by atoms with Crippen LogP contribution in [0.5, 0.6) is 0 Å². The predicted molar refractivity (Wildman–Crippen MR) is 98.0 cm³/mol. The zero-order valence-corrected chi connectivity index (χ0v) is 15.2. The van der Waals surface area contributed by atoms with Gasteiger partial charge in [0, 0.05) is 30.7 Å². The van der Waals surface area contributed by atoms with Crippen molar-refractivity contribution in [2.45, 2.75) is 11.4 Å². The summed E-state index contributed by atoms with van der Waals surface area (Å²) < 4.78 is 27.3. The Bertz CT molecular complexity index is 958. The molecule has 5 nitrogen and oxygen atoms in total. The second kappa shape index (κ2) is 7.49. The van der Waals surface area contributed by atoms with Crippen molar-refractivity contribution in [1.29, 1.82) is 0 Å². The van der Waals surface area contributed by atoms with Crippen LogP contribution in [0.4, 0.5) is 0 Å². The molecule has 0 atom stereocenters. The molecule has 0 radical (unpaired) electrons. The fourth-order valence-electron chi connectivity index (χ4n) is 2.20. The molecule has 2 heterocycles. The Morgan fingerprint density at radius 2 is 1.72 bits per heavy atom. The van der Waals surface area contributed by atoms with E-state index < -0.39 is 10.0 Å². The second-order valence-electron chi connectivity index (χ2n) is 5.17. The summed E-state index contributed by atoms with van der Waals surface area (Å²) in [5, 5.41) is 0.148. The standard InChI is InChI=1S/C17H13Cl2N3O2S/c18-14-4-1-5-15(19)17(14)25(23,24)22-10-12-6-7-16(21-9-12)13-3-2-8-20-11-13/h1-9,11,22H,10H2. The monoisotopic (exact) mass is 393 g/mol. The molecule has 2 aromatic heterocycles. The molecular weight excluding hydrogens is 381 g/mol. The van der Waals surface area contributed by atoms with E-state index in [9.17, 15) is 8.42 Å². The summed E-state index contributed by atoms with van der Waals surface area (Å²) in [6.07, 6.45) is 5.01. The van der Waals surface area contributed by atoms with E-state index in [-0.39, 0.29) is 21.5 Å². The molecule has 25 heavy (non-hydrogen) atoms. The number of hydrogen-bond donors (Lipinski definition) is 1. The topological polar surface area (TPSA) is 72.0 Å². The van der Waals surface area contributed by atoms with E-state index >= 15 is 0 Å². The number of aromatic nitrogens is 2. The lowest BCUT2D eigenvalue weighted by Crippen LogP contribution is -2.24. The van der Waals surface area contributed by atoms with E-state index in [1.54, 1.807) is 30.7 Å². The Hall–Kier alpha value is -1.99. The van der Waals surface area contributed by atoms with Gasteiger partial charge in [0.2, 0.25) is 10.0 Å². The molecule has 8 heteroatoms. The molecule has 1 aromatic carbocycles. The molecule has 128 valence electrons. The third kappa shape index (κ3) is 4.16. The fourth-order valence-corrected chi connectivity index (χ4v) is 4.36. The first-order valence-electron chi connectivity index (χ1n) is 7.26. The number of halogens is 2. The van der Waals surface area contributed by atoms with Crippen molar-refractivity contribution in [3.8, 4) is 11.3 Å². The van der Waals surface area contributed by atoms with Gasteiger partial charge in [-0.15, -0.1) is 0 Å². The Morgan fingerprint density at radius 3 is 2.32 bits per heavy atom. The normalized spacial score (nSPS) is 11.4. The van der Waals surface area contributed by atoms with Gasteiger partial charge in [-0.2, -0.15) is 0 Å². The molecular formula is C17H13Cl2N3O2S. The molecule has 0 spiro atoms. The van der Waals surface area contributed by atoms with Crippen LogP contribution in [0, 0.1) is 0 Å². The molecule has 0 fully saturated rings. The molecule has 0 aliphatic carbocycles. The van der Waals surface area contributed by atoms with Crippen LogP contribution in [0.2, 0.25) is 10.0 Å². The van der Waals surface area contributed by atoms with Crippen LogP contribution in [-0.2, 0) is 16.6 Å².